The van der Waals surface area contributed by atoms with Crippen LogP contribution in [0.1, 0.15) is 21.5 Å². The molecule has 0 radical (unpaired) electrons. The van der Waals surface area contributed by atoms with E-state index in [0.717, 1.165) is 12.1 Å². The topological polar surface area (TPSA) is 61.2 Å². The van der Waals surface area contributed by atoms with Gasteiger partial charge in [-0.3, -0.25) is 4.79 Å². The van der Waals surface area contributed by atoms with Crippen LogP contribution in [0.2, 0.25) is 0 Å². The highest BCUT2D eigenvalue weighted by molar-refractivity contribution is 7.90. The fourth-order valence-electron chi connectivity index (χ4n) is 1.99. The standard InChI is InChI=1S/C15H9F7N2O2S/c16-14(17,18)10-6-9(7-11(8-10)15(19,20)21)13(25)24(22)27(23,26)12-4-2-1-3-5-12/h1-8,23H. The van der Waals surface area contributed by atoms with Crippen molar-refractivity contribution in [1.82, 2.24) is 4.53 Å². The van der Waals surface area contributed by atoms with Crippen molar-refractivity contribution >= 4 is 15.8 Å². The van der Waals surface area contributed by atoms with Crippen molar-refractivity contribution in [2.45, 2.75) is 17.2 Å². The third kappa shape index (κ3) is 4.38. The molecule has 0 spiro atoms. The number of amides is 1. The van der Waals surface area contributed by atoms with Gasteiger partial charge in [0.1, 0.15) is 0 Å². The van der Waals surface area contributed by atoms with Crippen molar-refractivity contribution in [3.8, 4) is 0 Å². The SMILES string of the molecule is N=S(=O)(c1ccccc1)N(F)C(=O)c1cc(C(F)(F)F)cc(C(F)(F)F)c1. The molecular formula is C15H9F7N2O2S. The highest BCUT2D eigenvalue weighted by Gasteiger charge is 2.39. The lowest BCUT2D eigenvalue weighted by Gasteiger charge is -2.18. The van der Waals surface area contributed by atoms with Crippen molar-refractivity contribution in [3.05, 3.63) is 65.2 Å². The number of carbonyl (C=O) groups excluding carboxylic acids is 1. The molecule has 0 aromatic heterocycles. The smallest absolute Gasteiger partial charge is 0.265 e. The van der Waals surface area contributed by atoms with Gasteiger partial charge in [-0.05, 0) is 30.3 Å². The first-order valence-electron chi connectivity index (χ1n) is 6.88. The molecule has 2 aromatic carbocycles. The normalized spacial score (nSPS) is 14.5. The number of benzene rings is 2. The summed E-state index contributed by atoms with van der Waals surface area (Å²) >= 11 is 0. The first-order chi connectivity index (χ1) is 12.2. The Morgan fingerprint density at radius 2 is 1.33 bits per heavy atom. The van der Waals surface area contributed by atoms with Gasteiger partial charge in [0.05, 0.1) is 16.0 Å². The predicted molar refractivity (Wildman–Crippen MR) is 79.3 cm³/mol. The van der Waals surface area contributed by atoms with Crippen LogP contribution in [0, 0.1) is 4.78 Å². The minimum Gasteiger partial charge on any atom is -0.265 e. The first kappa shape index (κ1) is 20.7. The Morgan fingerprint density at radius 1 is 0.889 bits per heavy atom. The Balaban J connectivity index is 2.55. The summed E-state index contributed by atoms with van der Waals surface area (Å²) in [5.74, 6) is -2.07. The summed E-state index contributed by atoms with van der Waals surface area (Å²) in [6, 6.07) is 5.71. The van der Waals surface area contributed by atoms with Gasteiger partial charge in [0.15, 0.2) is 9.92 Å². The molecule has 1 amide bonds. The third-order valence-corrected chi connectivity index (χ3v) is 4.81. The molecule has 0 saturated carbocycles. The molecular weight excluding hydrogens is 405 g/mol. The van der Waals surface area contributed by atoms with Crippen LogP contribution in [0.15, 0.2) is 53.4 Å². The van der Waals surface area contributed by atoms with E-state index in [1.165, 1.54) is 18.2 Å². The number of halogens is 7. The van der Waals surface area contributed by atoms with Crippen LogP contribution in [-0.4, -0.2) is 14.6 Å². The Morgan fingerprint density at radius 3 is 1.74 bits per heavy atom. The second-order valence-corrected chi connectivity index (χ2v) is 7.03. The van der Waals surface area contributed by atoms with Crippen molar-refractivity contribution in [2.24, 2.45) is 0 Å². The van der Waals surface area contributed by atoms with E-state index in [1.807, 2.05) is 0 Å². The van der Waals surface area contributed by atoms with E-state index in [-0.39, 0.29) is 18.2 Å². The average molecular weight is 414 g/mol. The van der Waals surface area contributed by atoms with Gasteiger partial charge in [0, 0.05) is 5.56 Å². The fourth-order valence-corrected chi connectivity index (χ4v) is 3.04. The summed E-state index contributed by atoms with van der Waals surface area (Å²) in [5, 5.41) is 0. The maximum Gasteiger partial charge on any atom is 0.416 e. The molecule has 0 aliphatic rings. The Labute approximate surface area is 148 Å². The summed E-state index contributed by atoms with van der Waals surface area (Å²) in [5.41, 5.74) is -5.04. The average Bonchev–Trinajstić information content (AvgIpc) is 2.59. The zero-order valence-electron chi connectivity index (χ0n) is 12.9. The maximum atomic E-state index is 14.3. The molecule has 1 unspecified atom stereocenters. The maximum absolute atomic E-state index is 14.3. The van der Waals surface area contributed by atoms with Gasteiger partial charge in [0.2, 0.25) is 0 Å². The molecule has 0 saturated heterocycles. The monoisotopic (exact) mass is 414 g/mol. The fraction of sp³-hybridized carbons (Fsp3) is 0.133. The molecule has 1 N–H and O–H groups in total. The van der Waals surface area contributed by atoms with Crippen LogP contribution >= 0.6 is 0 Å². The molecule has 0 bridgehead atoms. The summed E-state index contributed by atoms with van der Waals surface area (Å²) in [7, 11) is -4.63. The molecule has 12 heteroatoms. The molecule has 0 heterocycles. The van der Waals surface area contributed by atoms with Gasteiger partial charge in [-0.25, -0.2) is 8.99 Å². The molecule has 27 heavy (non-hydrogen) atoms. The highest BCUT2D eigenvalue weighted by atomic mass is 32.2. The number of carbonyl (C=O) groups is 1. The molecule has 4 nitrogen and oxygen atoms in total. The minimum atomic E-state index is -5.25. The third-order valence-electron chi connectivity index (χ3n) is 3.28. The van der Waals surface area contributed by atoms with Gasteiger partial charge in [0.25, 0.3) is 5.91 Å². The number of nitrogens with one attached hydrogen (secondary N) is 1. The molecule has 0 aliphatic heterocycles. The first-order valence-corrected chi connectivity index (χ1v) is 8.40. The minimum absolute atomic E-state index is 0.00926. The van der Waals surface area contributed by atoms with Crippen LogP contribution in [0.4, 0.5) is 30.8 Å². The zero-order chi connectivity index (χ0) is 20.6. The molecule has 2 rings (SSSR count). The molecule has 0 aliphatic carbocycles. The Bertz CT molecular complexity index is 922. The number of nitrogens with zero attached hydrogens (tertiary/aromatic N) is 1. The number of alkyl halides is 6. The van der Waals surface area contributed by atoms with E-state index < -0.39 is 54.3 Å². The van der Waals surface area contributed by atoms with E-state index in [9.17, 15) is 39.8 Å². The van der Waals surface area contributed by atoms with Gasteiger partial charge in [-0.15, -0.1) is 0 Å². The van der Waals surface area contributed by atoms with E-state index in [4.69, 9.17) is 4.78 Å². The molecule has 146 valence electrons. The summed E-state index contributed by atoms with van der Waals surface area (Å²) in [4.78, 5) is 11.5. The Kier molecular flexibility index (Phi) is 5.23. The number of hydrogen-bond acceptors (Lipinski definition) is 3. The van der Waals surface area contributed by atoms with Gasteiger partial charge < -0.3 is 0 Å². The number of rotatable bonds is 3. The largest absolute Gasteiger partial charge is 0.416 e. The van der Waals surface area contributed by atoms with Crippen molar-refractivity contribution in [2.75, 3.05) is 0 Å². The van der Waals surface area contributed by atoms with Gasteiger partial charge in [-0.1, -0.05) is 27.2 Å². The quantitative estimate of drug-likeness (QED) is 0.563. The van der Waals surface area contributed by atoms with Crippen LogP contribution < -0.4 is 0 Å². The van der Waals surface area contributed by atoms with Crippen molar-refractivity contribution < 1.29 is 39.8 Å². The lowest BCUT2D eigenvalue weighted by atomic mass is 10.0. The molecule has 2 aromatic rings. The van der Waals surface area contributed by atoms with Gasteiger partial charge >= 0.3 is 12.4 Å². The summed E-state index contributed by atoms with van der Waals surface area (Å²) in [6.07, 6.45) is -10.5. The molecule has 0 fully saturated rings. The van der Waals surface area contributed by atoms with Gasteiger partial charge in [-0.2, -0.15) is 26.3 Å². The lowest BCUT2D eigenvalue weighted by Crippen LogP contribution is -2.29. The zero-order valence-corrected chi connectivity index (χ0v) is 13.8. The van der Waals surface area contributed by atoms with Crippen LogP contribution in [0.25, 0.3) is 0 Å². The van der Waals surface area contributed by atoms with Crippen molar-refractivity contribution in [1.29, 1.82) is 4.78 Å². The lowest BCUT2D eigenvalue weighted by molar-refractivity contribution is -0.143. The predicted octanol–water partition coefficient (Wildman–Crippen LogP) is 5.07. The van der Waals surface area contributed by atoms with Crippen LogP contribution in [-0.2, 0) is 22.3 Å². The van der Waals surface area contributed by atoms with Crippen LogP contribution in [0.3, 0.4) is 0 Å². The van der Waals surface area contributed by atoms with E-state index in [0.29, 0.717) is 0 Å². The Hall–Kier alpha value is -2.63. The number of hydrogen-bond donors (Lipinski definition) is 1. The van der Waals surface area contributed by atoms with E-state index in [2.05, 4.69) is 0 Å². The second-order valence-electron chi connectivity index (χ2n) is 5.18. The van der Waals surface area contributed by atoms with Crippen LogP contribution in [0.5, 0.6) is 0 Å². The summed E-state index contributed by atoms with van der Waals surface area (Å²) in [6.45, 7) is 0. The highest BCUT2D eigenvalue weighted by Crippen LogP contribution is 2.36. The second kappa shape index (κ2) is 6.83. The molecule has 1 atom stereocenters. The van der Waals surface area contributed by atoms with Crippen molar-refractivity contribution in [3.63, 3.8) is 0 Å². The van der Waals surface area contributed by atoms with E-state index >= 15 is 0 Å². The summed E-state index contributed by atoms with van der Waals surface area (Å²) < 4.78 is 110. The van der Waals surface area contributed by atoms with E-state index in [1.54, 1.807) is 0 Å².